The number of anilines is 1. The second kappa shape index (κ2) is 4.52. The fourth-order valence-electron chi connectivity index (χ4n) is 2.31. The molecule has 1 aromatic heterocycles. The van der Waals surface area contributed by atoms with Gasteiger partial charge in [0.25, 0.3) is 0 Å². The van der Waals surface area contributed by atoms with Crippen molar-refractivity contribution in [3.63, 3.8) is 0 Å². The normalized spacial score (nSPS) is 24.7. The first kappa shape index (κ1) is 10.9. The van der Waals surface area contributed by atoms with Crippen molar-refractivity contribution in [1.82, 2.24) is 4.98 Å². The fraction of sp³-hybridized carbons (Fsp3) is 0.583. The Kier molecular flexibility index (Phi) is 3.29. The average Bonchev–Trinajstić information content (AvgIpc) is 2.15. The minimum absolute atomic E-state index is 0.866. The van der Waals surface area contributed by atoms with E-state index in [1.165, 1.54) is 12.8 Å². The lowest BCUT2D eigenvalue weighted by Gasteiger charge is -2.35. The highest BCUT2D eigenvalue weighted by Gasteiger charge is 2.26. The summed E-state index contributed by atoms with van der Waals surface area (Å²) in [5, 5.41) is 0. The van der Waals surface area contributed by atoms with Gasteiger partial charge in [0.2, 0.25) is 0 Å². The summed E-state index contributed by atoms with van der Waals surface area (Å²) in [4.78, 5) is 6.70. The highest BCUT2D eigenvalue weighted by atomic mass is 79.9. The van der Waals surface area contributed by atoms with Gasteiger partial charge in [-0.2, -0.15) is 0 Å². The van der Waals surface area contributed by atoms with Crippen LogP contribution in [0.15, 0.2) is 22.8 Å². The van der Waals surface area contributed by atoms with Crippen molar-refractivity contribution in [3.8, 4) is 0 Å². The Morgan fingerprint density at radius 3 is 2.80 bits per heavy atom. The first-order valence-corrected chi connectivity index (χ1v) is 6.28. The van der Waals surface area contributed by atoms with Crippen molar-refractivity contribution in [1.29, 1.82) is 0 Å². The third kappa shape index (κ3) is 2.71. The van der Waals surface area contributed by atoms with E-state index in [9.17, 15) is 0 Å². The van der Waals surface area contributed by atoms with E-state index in [1.807, 2.05) is 12.1 Å². The van der Waals surface area contributed by atoms with Crippen LogP contribution in [0.1, 0.15) is 19.8 Å². The molecule has 0 spiro atoms. The molecule has 1 aliphatic rings. The molecule has 2 rings (SSSR count). The number of hydrogen-bond acceptors (Lipinski definition) is 2. The molecule has 1 aromatic rings. The van der Waals surface area contributed by atoms with Gasteiger partial charge in [-0.05, 0) is 52.7 Å². The van der Waals surface area contributed by atoms with Gasteiger partial charge < -0.3 is 4.90 Å². The second-order valence-electron chi connectivity index (χ2n) is 4.64. The second-order valence-corrected chi connectivity index (χ2v) is 5.45. The summed E-state index contributed by atoms with van der Waals surface area (Å²) in [6.07, 6.45) is 2.75. The van der Waals surface area contributed by atoms with Crippen LogP contribution in [0.25, 0.3) is 0 Å². The van der Waals surface area contributed by atoms with Crippen molar-refractivity contribution in [2.24, 2.45) is 11.8 Å². The summed E-state index contributed by atoms with van der Waals surface area (Å²) < 4.78 is 0.911. The molecule has 0 amide bonds. The maximum Gasteiger partial charge on any atom is 0.129 e. The Hall–Kier alpha value is -0.570. The molecule has 0 radical (unpaired) electrons. The molecule has 0 aromatic carbocycles. The van der Waals surface area contributed by atoms with Gasteiger partial charge in [0.05, 0.1) is 0 Å². The third-order valence-corrected chi connectivity index (χ3v) is 3.54. The minimum atomic E-state index is 0.866. The summed E-state index contributed by atoms with van der Waals surface area (Å²) in [5.74, 6) is 2.86. The van der Waals surface area contributed by atoms with E-state index in [-0.39, 0.29) is 0 Å². The minimum Gasteiger partial charge on any atom is -0.359 e. The third-order valence-electron chi connectivity index (χ3n) is 3.09. The molecule has 82 valence electrons. The molecule has 15 heavy (non-hydrogen) atoms. The van der Waals surface area contributed by atoms with Crippen molar-refractivity contribution in [3.05, 3.63) is 22.8 Å². The van der Waals surface area contributed by atoms with Crippen molar-refractivity contribution in [2.75, 3.05) is 18.5 Å². The number of hydrogen-bond donors (Lipinski definition) is 0. The summed E-state index contributed by atoms with van der Waals surface area (Å²) in [7, 11) is 2.12. The topological polar surface area (TPSA) is 16.1 Å². The van der Waals surface area contributed by atoms with E-state index in [2.05, 4.69) is 45.9 Å². The lowest BCUT2D eigenvalue weighted by Crippen LogP contribution is -2.33. The first-order chi connectivity index (χ1) is 7.15. The lowest BCUT2D eigenvalue weighted by molar-refractivity contribution is 0.217. The number of pyridine rings is 1. The van der Waals surface area contributed by atoms with Gasteiger partial charge in [0, 0.05) is 13.6 Å². The number of rotatable bonds is 3. The molecule has 1 aliphatic carbocycles. The Labute approximate surface area is 99.8 Å². The molecular formula is C12H17BrN2. The van der Waals surface area contributed by atoms with Crippen molar-refractivity contribution < 1.29 is 0 Å². The number of nitrogens with zero attached hydrogens (tertiary/aromatic N) is 2. The van der Waals surface area contributed by atoms with E-state index < -0.39 is 0 Å². The standard InChI is InChI=1S/C12H17BrN2/c1-9-6-10(7-9)8-15(2)12-5-3-4-11(13)14-12/h3-5,9-10H,6-8H2,1-2H3. The average molecular weight is 269 g/mol. The van der Waals surface area contributed by atoms with Gasteiger partial charge in [-0.3, -0.25) is 0 Å². The van der Waals surface area contributed by atoms with E-state index in [0.717, 1.165) is 28.8 Å². The van der Waals surface area contributed by atoms with Crippen LogP contribution in [-0.2, 0) is 0 Å². The van der Waals surface area contributed by atoms with Crippen LogP contribution < -0.4 is 4.90 Å². The summed E-state index contributed by atoms with van der Waals surface area (Å²) >= 11 is 3.40. The molecule has 3 heteroatoms. The first-order valence-electron chi connectivity index (χ1n) is 5.49. The van der Waals surface area contributed by atoms with Gasteiger partial charge in [-0.1, -0.05) is 13.0 Å². The quantitative estimate of drug-likeness (QED) is 0.782. The maximum atomic E-state index is 4.45. The zero-order chi connectivity index (χ0) is 10.8. The SMILES string of the molecule is CC1CC(CN(C)c2cccc(Br)n2)C1. The Morgan fingerprint density at radius 1 is 1.47 bits per heavy atom. The van der Waals surface area contributed by atoms with Gasteiger partial charge >= 0.3 is 0 Å². The smallest absolute Gasteiger partial charge is 0.129 e. The molecule has 2 nitrogen and oxygen atoms in total. The maximum absolute atomic E-state index is 4.45. The molecule has 0 saturated heterocycles. The number of aromatic nitrogens is 1. The molecule has 1 saturated carbocycles. The summed E-state index contributed by atoms with van der Waals surface area (Å²) in [6, 6.07) is 6.06. The van der Waals surface area contributed by atoms with Crippen LogP contribution in [-0.4, -0.2) is 18.6 Å². The predicted octanol–water partition coefficient (Wildman–Crippen LogP) is 3.33. The van der Waals surface area contributed by atoms with Gasteiger partial charge in [-0.25, -0.2) is 4.98 Å². The summed E-state index contributed by atoms with van der Waals surface area (Å²) in [5.41, 5.74) is 0. The van der Waals surface area contributed by atoms with Crippen LogP contribution >= 0.6 is 15.9 Å². The lowest BCUT2D eigenvalue weighted by atomic mass is 9.76. The van der Waals surface area contributed by atoms with E-state index in [1.54, 1.807) is 0 Å². The zero-order valence-corrected chi connectivity index (χ0v) is 10.9. The molecule has 0 aliphatic heterocycles. The molecule has 1 fully saturated rings. The number of halogens is 1. The van der Waals surface area contributed by atoms with E-state index in [4.69, 9.17) is 0 Å². The van der Waals surface area contributed by atoms with E-state index in [0.29, 0.717) is 0 Å². The molecule has 0 atom stereocenters. The molecule has 0 N–H and O–H groups in total. The molecule has 0 bridgehead atoms. The molecule has 0 unspecified atom stereocenters. The highest BCUT2D eigenvalue weighted by Crippen LogP contribution is 2.33. The van der Waals surface area contributed by atoms with Gasteiger partial charge in [0.15, 0.2) is 0 Å². The summed E-state index contributed by atoms with van der Waals surface area (Å²) in [6.45, 7) is 3.46. The monoisotopic (exact) mass is 268 g/mol. The van der Waals surface area contributed by atoms with Gasteiger partial charge in [0.1, 0.15) is 10.4 Å². The fourth-order valence-corrected chi connectivity index (χ4v) is 2.64. The largest absolute Gasteiger partial charge is 0.359 e. The Bertz CT molecular complexity index is 334. The molecule has 1 heterocycles. The van der Waals surface area contributed by atoms with Crippen molar-refractivity contribution in [2.45, 2.75) is 19.8 Å². The molecular weight excluding hydrogens is 252 g/mol. The predicted molar refractivity (Wildman–Crippen MR) is 67.1 cm³/mol. The Morgan fingerprint density at radius 2 is 2.20 bits per heavy atom. The van der Waals surface area contributed by atoms with Crippen molar-refractivity contribution >= 4 is 21.7 Å². The zero-order valence-electron chi connectivity index (χ0n) is 9.28. The van der Waals surface area contributed by atoms with Gasteiger partial charge in [-0.15, -0.1) is 0 Å². The van der Waals surface area contributed by atoms with Crippen LogP contribution in [0, 0.1) is 11.8 Å². The van der Waals surface area contributed by atoms with Crippen LogP contribution in [0.2, 0.25) is 0 Å². The Balaban J connectivity index is 1.93. The highest BCUT2D eigenvalue weighted by molar-refractivity contribution is 9.10. The van der Waals surface area contributed by atoms with E-state index >= 15 is 0 Å². The van der Waals surface area contributed by atoms with Crippen LogP contribution in [0.3, 0.4) is 0 Å². The van der Waals surface area contributed by atoms with Crippen LogP contribution in [0.4, 0.5) is 5.82 Å². The van der Waals surface area contributed by atoms with Crippen LogP contribution in [0.5, 0.6) is 0 Å².